The second-order valence-corrected chi connectivity index (χ2v) is 5.10. The molecule has 0 saturated heterocycles. The molecule has 1 aliphatic rings. The molecule has 0 aliphatic heterocycles. The van der Waals surface area contributed by atoms with Crippen LogP contribution < -0.4 is 11.5 Å². The molecule has 0 bridgehead atoms. The third-order valence-electron chi connectivity index (χ3n) is 3.24. The van der Waals surface area contributed by atoms with E-state index in [2.05, 4.69) is 4.90 Å². The van der Waals surface area contributed by atoms with Gasteiger partial charge in [0.05, 0.1) is 0 Å². The predicted octanol–water partition coefficient (Wildman–Crippen LogP) is 1.87. The molecule has 1 aliphatic carbocycles. The van der Waals surface area contributed by atoms with Gasteiger partial charge in [-0.05, 0) is 30.0 Å². The van der Waals surface area contributed by atoms with E-state index in [4.69, 9.17) is 23.7 Å². The van der Waals surface area contributed by atoms with E-state index in [1.165, 1.54) is 12.8 Å². The highest BCUT2D eigenvalue weighted by Gasteiger charge is 2.27. The number of likely N-dealkylation sites (N-methyl/N-ethyl adjacent to an activating group) is 1. The van der Waals surface area contributed by atoms with Crippen LogP contribution in [0.4, 0.5) is 0 Å². The summed E-state index contributed by atoms with van der Waals surface area (Å²) in [6.45, 7) is 0.548. The van der Waals surface area contributed by atoms with Gasteiger partial charge in [0, 0.05) is 25.3 Å². The maximum absolute atomic E-state index is 6.06. The van der Waals surface area contributed by atoms with Crippen LogP contribution in [0.5, 0.6) is 0 Å². The highest BCUT2D eigenvalue weighted by Crippen LogP contribution is 2.26. The number of thiocarbonyl (C=S) groups is 1. The van der Waals surface area contributed by atoms with Crippen LogP contribution in [0.2, 0.25) is 0 Å². The van der Waals surface area contributed by atoms with E-state index in [0.717, 1.165) is 16.1 Å². The Morgan fingerprint density at radius 2 is 2.00 bits per heavy atom. The van der Waals surface area contributed by atoms with Crippen molar-refractivity contribution in [1.82, 2.24) is 4.90 Å². The second kappa shape index (κ2) is 5.50. The first kappa shape index (κ1) is 13.1. The summed E-state index contributed by atoms with van der Waals surface area (Å²) in [6.07, 6.45) is 4.33. The van der Waals surface area contributed by atoms with Gasteiger partial charge in [0.1, 0.15) is 4.99 Å². The van der Waals surface area contributed by atoms with Crippen LogP contribution in [-0.2, 0) is 6.54 Å². The number of nitrogens with zero attached hydrogens (tertiary/aromatic N) is 1. The van der Waals surface area contributed by atoms with Gasteiger partial charge in [-0.15, -0.1) is 0 Å². The summed E-state index contributed by atoms with van der Waals surface area (Å²) in [6, 6.07) is 8.55. The Balaban J connectivity index is 2.08. The van der Waals surface area contributed by atoms with Gasteiger partial charge in [-0.1, -0.05) is 36.5 Å². The SMILES string of the molecule is CN(C(=S)C=C(N)c1ccc(CN)cc1)C1CC1. The largest absolute Gasteiger partial charge is 0.398 e. The van der Waals surface area contributed by atoms with Crippen LogP contribution in [0.1, 0.15) is 24.0 Å². The molecule has 1 saturated carbocycles. The Morgan fingerprint density at radius 1 is 1.39 bits per heavy atom. The zero-order valence-electron chi connectivity index (χ0n) is 10.6. The van der Waals surface area contributed by atoms with Crippen LogP contribution >= 0.6 is 12.2 Å². The third kappa shape index (κ3) is 3.09. The van der Waals surface area contributed by atoms with Gasteiger partial charge in [0.15, 0.2) is 0 Å². The van der Waals surface area contributed by atoms with Gasteiger partial charge < -0.3 is 16.4 Å². The van der Waals surface area contributed by atoms with Crippen molar-refractivity contribution in [3.63, 3.8) is 0 Å². The smallest absolute Gasteiger partial charge is 0.103 e. The van der Waals surface area contributed by atoms with Crippen molar-refractivity contribution in [2.75, 3.05) is 7.05 Å². The van der Waals surface area contributed by atoms with Crippen molar-refractivity contribution in [1.29, 1.82) is 0 Å². The summed E-state index contributed by atoms with van der Waals surface area (Å²) < 4.78 is 0. The van der Waals surface area contributed by atoms with Gasteiger partial charge in [0.25, 0.3) is 0 Å². The fourth-order valence-corrected chi connectivity index (χ4v) is 2.07. The van der Waals surface area contributed by atoms with E-state index in [1.807, 2.05) is 37.4 Å². The summed E-state index contributed by atoms with van der Waals surface area (Å²) in [5.74, 6) is 0. The van der Waals surface area contributed by atoms with Crippen molar-refractivity contribution in [3.05, 3.63) is 41.5 Å². The van der Waals surface area contributed by atoms with Crippen LogP contribution in [-0.4, -0.2) is 23.0 Å². The lowest BCUT2D eigenvalue weighted by Gasteiger charge is -2.17. The minimum atomic E-state index is 0.548. The highest BCUT2D eigenvalue weighted by molar-refractivity contribution is 7.80. The summed E-state index contributed by atoms with van der Waals surface area (Å²) in [5, 5.41) is 0. The molecule has 1 aromatic carbocycles. The van der Waals surface area contributed by atoms with E-state index < -0.39 is 0 Å². The molecule has 0 spiro atoms. The number of hydrogen-bond donors (Lipinski definition) is 2. The fourth-order valence-electron chi connectivity index (χ4n) is 1.79. The summed E-state index contributed by atoms with van der Waals surface area (Å²) in [4.78, 5) is 2.93. The highest BCUT2D eigenvalue weighted by atomic mass is 32.1. The molecule has 4 N–H and O–H groups in total. The van der Waals surface area contributed by atoms with Crippen molar-refractivity contribution in [2.45, 2.75) is 25.4 Å². The van der Waals surface area contributed by atoms with Gasteiger partial charge in [-0.25, -0.2) is 0 Å². The Kier molecular flexibility index (Phi) is 3.99. The molecule has 0 unspecified atom stereocenters. The van der Waals surface area contributed by atoms with Gasteiger partial charge in [-0.2, -0.15) is 0 Å². The Morgan fingerprint density at radius 3 is 2.50 bits per heavy atom. The molecule has 18 heavy (non-hydrogen) atoms. The zero-order valence-corrected chi connectivity index (χ0v) is 11.4. The topological polar surface area (TPSA) is 55.3 Å². The lowest BCUT2D eigenvalue weighted by molar-refractivity contribution is 0.507. The maximum atomic E-state index is 6.06. The Hall–Kier alpha value is -1.39. The minimum Gasteiger partial charge on any atom is -0.398 e. The molecule has 96 valence electrons. The first-order valence-corrected chi connectivity index (χ1v) is 6.56. The average molecular weight is 261 g/mol. The number of nitrogens with two attached hydrogens (primary N) is 2. The van der Waals surface area contributed by atoms with Crippen LogP contribution in [0.3, 0.4) is 0 Å². The Bertz CT molecular complexity index is 460. The van der Waals surface area contributed by atoms with Crippen molar-refractivity contribution >= 4 is 22.9 Å². The normalized spacial score (nSPS) is 15.6. The molecule has 2 rings (SSSR count). The van der Waals surface area contributed by atoms with Crippen molar-refractivity contribution in [2.24, 2.45) is 11.5 Å². The summed E-state index contributed by atoms with van der Waals surface area (Å²) in [7, 11) is 2.03. The van der Waals surface area contributed by atoms with E-state index in [1.54, 1.807) is 0 Å². The molecule has 3 nitrogen and oxygen atoms in total. The first-order valence-electron chi connectivity index (χ1n) is 6.15. The van der Waals surface area contributed by atoms with E-state index >= 15 is 0 Å². The lowest BCUT2D eigenvalue weighted by Crippen LogP contribution is -2.26. The molecule has 0 atom stereocenters. The lowest BCUT2D eigenvalue weighted by atomic mass is 10.1. The third-order valence-corrected chi connectivity index (χ3v) is 3.65. The second-order valence-electron chi connectivity index (χ2n) is 4.68. The molecule has 1 fully saturated rings. The quantitative estimate of drug-likeness (QED) is 0.642. The molecule has 0 radical (unpaired) electrons. The van der Waals surface area contributed by atoms with Crippen LogP contribution in [0.25, 0.3) is 5.70 Å². The molecular weight excluding hydrogens is 242 g/mol. The van der Waals surface area contributed by atoms with E-state index in [0.29, 0.717) is 18.3 Å². The van der Waals surface area contributed by atoms with Gasteiger partial charge >= 0.3 is 0 Å². The molecule has 4 heteroatoms. The molecular formula is C14H19N3S. The molecule has 0 heterocycles. The zero-order chi connectivity index (χ0) is 13.1. The minimum absolute atomic E-state index is 0.548. The van der Waals surface area contributed by atoms with Gasteiger partial charge in [0.2, 0.25) is 0 Å². The summed E-state index contributed by atoms with van der Waals surface area (Å²) in [5.41, 5.74) is 14.4. The van der Waals surface area contributed by atoms with E-state index in [-0.39, 0.29) is 0 Å². The predicted molar refractivity (Wildman–Crippen MR) is 79.9 cm³/mol. The molecule has 1 aromatic rings. The number of benzene rings is 1. The average Bonchev–Trinajstić information content (AvgIpc) is 3.22. The monoisotopic (exact) mass is 261 g/mol. The number of rotatable bonds is 4. The van der Waals surface area contributed by atoms with Crippen LogP contribution in [0, 0.1) is 0 Å². The first-order chi connectivity index (χ1) is 8.61. The number of hydrogen-bond acceptors (Lipinski definition) is 3. The van der Waals surface area contributed by atoms with Crippen LogP contribution in [0.15, 0.2) is 30.3 Å². The van der Waals surface area contributed by atoms with E-state index in [9.17, 15) is 0 Å². The fraction of sp³-hybridized carbons (Fsp3) is 0.357. The maximum Gasteiger partial charge on any atom is 0.103 e. The Labute approximate surface area is 113 Å². The van der Waals surface area contributed by atoms with Crippen molar-refractivity contribution < 1.29 is 0 Å². The van der Waals surface area contributed by atoms with Gasteiger partial charge in [-0.3, -0.25) is 0 Å². The molecule has 0 amide bonds. The van der Waals surface area contributed by atoms with Crippen molar-refractivity contribution in [3.8, 4) is 0 Å². The summed E-state index contributed by atoms with van der Waals surface area (Å²) >= 11 is 5.37. The standard InChI is InChI=1S/C14H19N3S/c1-17(12-6-7-12)14(18)8-13(16)11-4-2-10(9-15)3-5-11/h2-5,8,12H,6-7,9,15-16H2,1H3. The molecule has 0 aromatic heterocycles.